The van der Waals surface area contributed by atoms with Crippen LogP contribution in [-0.4, -0.2) is 26.0 Å². The second kappa shape index (κ2) is 5.12. The van der Waals surface area contributed by atoms with Crippen LogP contribution in [0.15, 0.2) is 35.0 Å². The first kappa shape index (κ1) is 14.3. The lowest BCUT2D eigenvalue weighted by Crippen LogP contribution is -2.21. The van der Waals surface area contributed by atoms with Gasteiger partial charge in [-0.3, -0.25) is 0 Å². The average Bonchev–Trinajstić information content (AvgIpc) is 2.71. The third-order valence-electron chi connectivity index (χ3n) is 2.97. The number of nitrogens with zero attached hydrogens (tertiary/aromatic N) is 2. The molecule has 1 aromatic rings. The predicted octanol–water partition coefficient (Wildman–Crippen LogP) is 3.09. The van der Waals surface area contributed by atoms with E-state index in [1.165, 1.54) is 0 Å². The SMILES string of the molecule is CN(C)c1ccc(/C=C2/N=C(C(C)(C)C)OC2=O)cc1. The first-order chi connectivity index (χ1) is 9.27. The zero-order valence-corrected chi connectivity index (χ0v) is 12.6. The summed E-state index contributed by atoms with van der Waals surface area (Å²) in [6.45, 7) is 5.90. The van der Waals surface area contributed by atoms with Gasteiger partial charge in [0, 0.05) is 25.2 Å². The lowest BCUT2D eigenvalue weighted by Gasteiger charge is -2.15. The van der Waals surface area contributed by atoms with E-state index in [1.54, 1.807) is 6.08 Å². The summed E-state index contributed by atoms with van der Waals surface area (Å²) in [5.74, 6) is 0.0882. The number of aliphatic imine (C=N–C) groups is 1. The minimum Gasteiger partial charge on any atom is -0.406 e. The molecule has 4 nitrogen and oxygen atoms in total. The van der Waals surface area contributed by atoms with Crippen molar-refractivity contribution in [3.8, 4) is 0 Å². The summed E-state index contributed by atoms with van der Waals surface area (Å²) in [5.41, 5.74) is 2.13. The quantitative estimate of drug-likeness (QED) is 0.613. The monoisotopic (exact) mass is 272 g/mol. The van der Waals surface area contributed by atoms with E-state index in [1.807, 2.05) is 64.0 Å². The third-order valence-corrected chi connectivity index (χ3v) is 2.97. The van der Waals surface area contributed by atoms with Gasteiger partial charge < -0.3 is 9.64 Å². The molecule has 1 heterocycles. The van der Waals surface area contributed by atoms with Gasteiger partial charge in [-0.05, 0) is 23.8 Å². The molecule has 0 saturated heterocycles. The Bertz CT molecular complexity index is 575. The number of hydrogen-bond acceptors (Lipinski definition) is 4. The van der Waals surface area contributed by atoms with Crippen LogP contribution in [0.3, 0.4) is 0 Å². The predicted molar refractivity (Wildman–Crippen MR) is 81.7 cm³/mol. The van der Waals surface area contributed by atoms with Gasteiger partial charge in [-0.15, -0.1) is 0 Å². The molecule has 0 fully saturated rings. The number of rotatable bonds is 2. The molecule has 0 saturated carbocycles. The van der Waals surface area contributed by atoms with Crippen LogP contribution in [0.1, 0.15) is 26.3 Å². The second-order valence-electron chi connectivity index (χ2n) is 6.07. The highest BCUT2D eigenvalue weighted by molar-refractivity contribution is 6.08. The fraction of sp³-hybridized carbons (Fsp3) is 0.375. The van der Waals surface area contributed by atoms with Gasteiger partial charge in [-0.25, -0.2) is 9.79 Å². The van der Waals surface area contributed by atoms with Crippen LogP contribution in [-0.2, 0) is 9.53 Å². The summed E-state index contributed by atoms with van der Waals surface area (Å²) >= 11 is 0. The standard InChI is InChI=1S/C16H20N2O2/c1-16(2,3)15-17-13(14(19)20-15)10-11-6-8-12(9-7-11)18(4)5/h6-10H,1-5H3/b13-10+. The van der Waals surface area contributed by atoms with E-state index >= 15 is 0 Å². The fourth-order valence-corrected chi connectivity index (χ4v) is 1.76. The maximum absolute atomic E-state index is 11.8. The van der Waals surface area contributed by atoms with Crippen molar-refractivity contribution in [1.82, 2.24) is 0 Å². The van der Waals surface area contributed by atoms with Gasteiger partial charge in [0.15, 0.2) is 5.70 Å². The smallest absolute Gasteiger partial charge is 0.363 e. The normalized spacial score (nSPS) is 17.1. The van der Waals surface area contributed by atoms with Crippen molar-refractivity contribution in [3.05, 3.63) is 35.5 Å². The van der Waals surface area contributed by atoms with Gasteiger partial charge in [0.25, 0.3) is 0 Å². The fourth-order valence-electron chi connectivity index (χ4n) is 1.76. The van der Waals surface area contributed by atoms with Gasteiger partial charge in [0.1, 0.15) is 0 Å². The van der Waals surface area contributed by atoms with Crippen molar-refractivity contribution >= 4 is 23.6 Å². The van der Waals surface area contributed by atoms with Crippen molar-refractivity contribution in [3.63, 3.8) is 0 Å². The van der Waals surface area contributed by atoms with Crippen LogP contribution < -0.4 is 4.90 Å². The zero-order chi connectivity index (χ0) is 14.9. The molecular weight excluding hydrogens is 252 g/mol. The lowest BCUT2D eigenvalue weighted by molar-refractivity contribution is -0.130. The summed E-state index contributed by atoms with van der Waals surface area (Å²) in [7, 11) is 3.98. The lowest BCUT2D eigenvalue weighted by atomic mass is 9.97. The van der Waals surface area contributed by atoms with E-state index in [2.05, 4.69) is 4.99 Å². The highest BCUT2D eigenvalue weighted by Gasteiger charge is 2.31. The number of carbonyl (C=O) groups is 1. The zero-order valence-electron chi connectivity index (χ0n) is 12.6. The largest absolute Gasteiger partial charge is 0.406 e. The van der Waals surface area contributed by atoms with Crippen molar-refractivity contribution in [2.75, 3.05) is 19.0 Å². The minimum atomic E-state index is -0.383. The minimum absolute atomic E-state index is 0.264. The maximum Gasteiger partial charge on any atom is 0.363 e. The molecule has 106 valence electrons. The van der Waals surface area contributed by atoms with Crippen molar-refractivity contribution in [2.24, 2.45) is 10.4 Å². The molecule has 0 N–H and O–H groups in total. The topological polar surface area (TPSA) is 41.9 Å². The van der Waals surface area contributed by atoms with E-state index in [0.717, 1.165) is 11.3 Å². The molecule has 0 amide bonds. The van der Waals surface area contributed by atoms with E-state index in [4.69, 9.17) is 4.74 Å². The Morgan fingerprint density at radius 3 is 2.20 bits per heavy atom. The maximum atomic E-state index is 11.8. The molecule has 0 aliphatic carbocycles. The number of hydrogen-bond donors (Lipinski definition) is 0. The number of benzene rings is 1. The summed E-state index contributed by atoms with van der Waals surface area (Å²) in [5, 5.41) is 0. The van der Waals surface area contributed by atoms with E-state index < -0.39 is 0 Å². The summed E-state index contributed by atoms with van der Waals surface area (Å²) in [6, 6.07) is 7.92. The van der Waals surface area contributed by atoms with Gasteiger partial charge in [-0.1, -0.05) is 32.9 Å². The Hall–Kier alpha value is -2.10. The van der Waals surface area contributed by atoms with Crippen LogP contribution in [0, 0.1) is 5.41 Å². The van der Waals surface area contributed by atoms with Crippen molar-refractivity contribution in [2.45, 2.75) is 20.8 Å². The Morgan fingerprint density at radius 1 is 1.15 bits per heavy atom. The number of esters is 1. The molecule has 20 heavy (non-hydrogen) atoms. The van der Waals surface area contributed by atoms with Crippen LogP contribution in [0.5, 0.6) is 0 Å². The van der Waals surface area contributed by atoms with Crippen molar-refractivity contribution in [1.29, 1.82) is 0 Å². The molecule has 2 rings (SSSR count). The van der Waals surface area contributed by atoms with Gasteiger partial charge >= 0.3 is 5.97 Å². The molecule has 0 bridgehead atoms. The first-order valence-corrected chi connectivity index (χ1v) is 6.58. The molecule has 0 spiro atoms. The number of carbonyl (C=O) groups excluding carboxylic acids is 1. The second-order valence-corrected chi connectivity index (χ2v) is 6.07. The van der Waals surface area contributed by atoms with Crippen LogP contribution >= 0.6 is 0 Å². The Balaban J connectivity index is 2.27. The Morgan fingerprint density at radius 2 is 1.75 bits per heavy atom. The summed E-state index contributed by atoms with van der Waals surface area (Å²) in [4.78, 5) is 18.1. The van der Waals surface area contributed by atoms with E-state index in [0.29, 0.717) is 11.6 Å². The Labute approximate surface area is 119 Å². The molecule has 0 atom stereocenters. The highest BCUT2D eigenvalue weighted by atomic mass is 16.6. The molecule has 1 aliphatic heterocycles. The summed E-state index contributed by atoms with van der Waals surface area (Å²) < 4.78 is 5.21. The van der Waals surface area contributed by atoms with Crippen LogP contribution in [0.25, 0.3) is 6.08 Å². The molecule has 0 aromatic heterocycles. The molecule has 1 aliphatic rings. The average molecular weight is 272 g/mol. The molecule has 1 aromatic carbocycles. The third kappa shape index (κ3) is 3.07. The molecule has 0 radical (unpaired) electrons. The van der Waals surface area contributed by atoms with Crippen LogP contribution in [0.4, 0.5) is 5.69 Å². The number of ether oxygens (including phenoxy) is 1. The Kier molecular flexibility index (Phi) is 3.66. The van der Waals surface area contributed by atoms with Crippen molar-refractivity contribution < 1.29 is 9.53 Å². The summed E-state index contributed by atoms with van der Waals surface area (Å²) in [6.07, 6.45) is 1.75. The molecule has 0 unspecified atom stereocenters. The molecular formula is C16H20N2O2. The van der Waals surface area contributed by atoms with Gasteiger partial charge in [0.05, 0.1) is 0 Å². The number of anilines is 1. The van der Waals surface area contributed by atoms with E-state index in [9.17, 15) is 4.79 Å². The highest BCUT2D eigenvalue weighted by Crippen LogP contribution is 2.26. The molecule has 4 heteroatoms. The number of cyclic esters (lactones) is 1. The van der Waals surface area contributed by atoms with Gasteiger partial charge in [-0.2, -0.15) is 0 Å². The van der Waals surface area contributed by atoms with Gasteiger partial charge in [0.2, 0.25) is 5.90 Å². The van der Waals surface area contributed by atoms with Crippen LogP contribution in [0.2, 0.25) is 0 Å². The first-order valence-electron chi connectivity index (χ1n) is 6.58. The van der Waals surface area contributed by atoms with E-state index in [-0.39, 0.29) is 11.4 Å².